The van der Waals surface area contributed by atoms with Gasteiger partial charge in [-0.2, -0.15) is 0 Å². The van der Waals surface area contributed by atoms with Gasteiger partial charge in [0.2, 0.25) is 0 Å². The van der Waals surface area contributed by atoms with E-state index in [1.165, 1.54) is 9.80 Å². The van der Waals surface area contributed by atoms with E-state index in [9.17, 15) is 0 Å². The zero-order valence-electron chi connectivity index (χ0n) is 17.2. The molecule has 2 N–H and O–H groups in total. The summed E-state index contributed by atoms with van der Waals surface area (Å²) in [6.45, 7) is 14.1. The maximum absolute atomic E-state index is 5.73. The number of nitrogens with one attached hydrogen (secondary N) is 2. The van der Waals surface area contributed by atoms with E-state index in [0.29, 0.717) is 39.6 Å². The molecular formula is C18H38N2NaO6+3. The molecule has 3 saturated heterocycles. The quantitative estimate of drug-likeness (QED) is 0.394. The third kappa shape index (κ3) is 14.3. The fourth-order valence-electron chi connectivity index (χ4n) is 3.01. The van der Waals surface area contributed by atoms with Crippen molar-refractivity contribution in [2.24, 2.45) is 0 Å². The Balaban J connectivity index is 0.00000364. The van der Waals surface area contributed by atoms with E-state index in [1.54, 1.807) is 0 Å². The number of quaternary nitrogens is 2. The van der Waals surface area contributed by atoms with Crippen LogP contribution < -0.4 is 39.4 Å². The molecule has 0 aromatic rings. The van der Waals surface area contributed by atoms with Gasteiger partial charge in [0.1, 0.15) is 39.3 Å². The van der Waals surface area contributed by atoms with Gasteiger partial charge in [0.15, 0.2) is 0 Å². The van der Waals surface area contributed by atoms with Crippen LogP contribution in [0.5, 0.6) is 0 Å². The van der Waals surface area contributed by atoms with Gasteiger partial charge in [-0.1, -0.05) is 0 Å². The van der Waals surface area contributed by atoms with Crippen LogP contribution >= 0.6 is 0 Å². The van der Waals surface area contributed by atoms with Crippen LogP contribution in [0.25, 0.3) is 0 Å². The zero-order valence-corrected chi connectivity index (χ0v) is 19.2. The SMILES string of the molecule is C1COCC[NH+]2CCOCCOCC[NH+](CCO1)CCOCCOCC2.[Na+]. The minimum Gasteiger partial charge on any atom is -0.373 e. The van der Waals surface area contributed by atoms with Crippen molar-refractivity contribution in [2.45, 2.75) is 0 Å². The molecule has 3 aliphatic rings. The Bertz CT molecular complexity index is 253. The average Bonchev–Trinajstić information content (AvgIpc) is 2.65. The second-order valence-corrected chi connectivity index (χ2v) is 6.67. The van der Waals surface area contributed by atoms with Crippen molar-refractivity contribution >= 4 is 0 Å². The van der Waals surface area contributed by atoms with Gasteiger partial charge in [-0.25, -0.2) is 0 Å². The van der Waals surface area contributed by atoms with Crippen molar-refractivity contribution in [3.05, 3.63) is 0 Å². The standard InChI is InChI=1S/C18H36N2O6.Na/c1-7-21-13-14-24-10-4-20-5-11-25-17-15-22-8-2-19(1)3-9-23-16-18-26-12-6-20;/h1-18H2;/q;+1/p+2. The van der Waals surface area contributed by atoms with Gasteiger partial charge in [0.25, 0.3) is 0 Å². The normalized spacial score (nSPS) is 29.3. The Morgan fingerprint density at radius 3 is 0.667 bits per heavy atom. The van der Waals surface area contributed by atoms with Gasteiger partial charge in [-0.05, 0) is 0 Å². The molecule has 0 spiro atoms. The van der Waals surface area contributed by atoms with Gasteiger partial charge >= 0.3 is 29.6 Å². The van der Waals surface area contributed by atoms with Crippen LogP contribution in [0, 0.1) is 0 Å². The van der Waals surface area contributed by atoms with Crippen LogP contribution in [-0.4, -0.2) is 119 Å². The van der Waals surface area contributed by atoms with Crippen molar-refractivity contribution in [1.82, 2.24) is 0 Å². The molecule has 3 rings (SSSR count). The Kier molecular flexibility index (Phi) is 17.8. The maximum Gasteiger partial charge on any atom is 1.00 e. The van der Waals surface area contributed by atoms with E-state index in [0.717, 1.165) is 78.9 Å². The molecule has 2 bridgehead atoms. The Morgan fingerprint density at radius 2 is 0.481 bits per heavy atom. The summed E-state index contributed by atoms with van der Waals surface area (Å²) in [5.41, 5.74) is 0. The van der Waals surface area contributed by atoms with Crippen molar-refractivity contribution in [2.75, 3.05) is 119 Å². The van der Waals surface area contributed by atoms with Crippen LogP contribution in [0.15, 0.2) is 0 Å². The molecule has 9 heteroatoms. The van der Waals surface area contributed by atoms with Gasteiger partial charge in [0, 0.05) is 0 Å². The van der Waals surface area contributed by atoms with Crippen LogP contribution in [0.2, 0.25) is 0 Å². The van der Waals surface area contributed by atoms with Crippen molar-refractivity contribution < 1.29 is 67.8 Å². The topological polar surface area (TPSA) is 64.3 Å². The number of hydrogen-bond acceptors (Lipinski definition) is 6. The first-order valence-corrected chi connectivity index (χ1v) is 10.1. The molecule has 0 saturated carbocycles. The Morgan fingerprint density at radius 1 is 0.296 bits per heavy atom. The summed E-state index contributed by atoms with van der Waals surface area (Å²) in [4.78, 5) is 2.88. The Labute approximate surface area is 186 Å². The van der Waals surface area contributed by atoms with Gasteiger partial charge in [-0.15, -0.1) is 0 Å². The van der Waals surface area contributed by atoms with Crippen LogP contribution in [0.4, 0.5) is 0 Å². The molecule has 0 unspecified atom stereocenters. The summed E-state index contributed by atoms with van der Waals surface area (Å²) in [5.74, 6) is 0. The van der Waals surface area contributed by atoms with Gasteiger partial charge in [0.05, 0.1) is 79.3 Å². The molecule has 0 radical (unpaired) electrons. The first kappa shape index (κ1) is 25.7. The Hall–Kier alpha value is 0.680. The largest absolute Gasteiger partial charge is 1.00 e. The zero-order chi connectivity index (χ0) is 18.1. The predicted molar refractivity (Wildman–Crippen MR) is 96.0 cm³/mol. The van der Waals surface area contributed by atoms with Crippen molar-refractivity contribution in [3.63, 3.8) is 0 Å². The summed E-state index contributed by atoms with van der Waals surface area (Å²) in [5, 5.41) is 0. The summed E-state index contributed by atoms with van der Waals surface area (Å²) in [6, 6.07) is 0. The van der Waals surface area contributed by atoms with E-state index >= 15 is 0 Å². The van der Waals surface area contributed by atoms with Crippen LogP contribution in [0.1, 0.15) is 0 Å². The molecule has 3 aliphatic heterocycles. The minimum atomic E-state index is 0. The summed E-state index contributed by atoms with van der Waals surface area (Å²) < 4.78 is 34.4. The molecule has 0 aromatic carbocycles. The third-order valence-electron chi connectivity index (χ3n) is 4.72. The van der Waals surface area contributed by atoms with Crippen molar-refractivity contribution in [1.29, 1.82) is 0 Å². The molecule has 0 aromatic heterocycles. The minimum absolute atomic E-state index is 0. The number of rotatable bonds is 0. The first-order valence-electron chi connectivity index (χ1n) is 10.1. The smallest absolute Gasteiger partial charge is 0.373 e. The van der Waals surface area contributed by atoms with E-state index in [1.807, 2.05) is 0 Å². The van der Waals surface area contributed by atoms with Crippen molar-refractivity contribution in [3.8, 4) is 0 Å². The molecule has 0 atom stereocenters. The summed E-state index contributed by atoms with van der Waals surface area (Å²) in [7, 11) is 0. The average molecular weight is 402 g/mol. The second kappa shape index (κ2) is 18.7. The van der Waals surface area contributed by atoms with Gasteiger partial charge < -0.3 is 38.2 Å². The van der Waals surface area contributed by atoms with Crippen LogP contribution in [0.3, 0.4) is 0 Å². The molecule has 0 aliphatic carbocycles. The van der Waals surface area contributed by atoms with Gasteiger partial charge in [-0.3, -0.25) is 0 Å². The van der Waals surface area contributed by atoms with Crippen LogP contribution in [-0.2, 0) is 28.4 Å². The fourth-order valence-corrected chi connectivity index (χ4v) is 3.01. The van der Waals surface area contributed by atoms with E-state index in [4.69, 9.17) is 28.4 Å². The van der Waals surface area contributed by atoms with E-state index in [-0.39, 0.29) is 29.6 Å². The van der Waals surface area contributed by atoms with E-state index in [2.05, 4.69) is 0 Å². The molecule has 8 nitrogen and oxygen atoms in total. The first-order chi connectivity index (χ1) is 12.9. The second-order valence-electron chi connectivity index (χ2n) is 6.67. The number of ether oxygens (including phenoxy) is 6. The molecule has 0 amide bonds. The molecular weight excluding hydrogens is 363 g/mol. The van der Waals surface area contributed by atoms with E-state index < -0.39 is 0 Å². The fraction of sp³-hybridized carbons (Fsp3) is 1.00. The molecule has 154 valence electrons. The molecule has 3 fully saturated rings. The molecule has 27 heavy (non-hydrogen) atoms. The summed E-state index contributed by atoms with van der Waals surface area (Å²) in [6.07, 6.45) is 0. The maximum atomic E-state index is 5.73. The summed E-state index contributed by atoms with van der Waals surface area (Å²) >= 11 is 0. The third-order valence-corrected chi connectivity index (χ3v) is 4.72. The monoisotopic (exact) mass is 401 g/mol. The number of hydrogen-bond donors (Lipinski definition) is 2. The predicted octanol–water partition coefficient (Wildman–Crippen LogP) is -6.11. The molecule has 3 heterocycles. The number of fused-ring (bicyclic) bond motifs is 21.